The summed E-state index contributed by atoms with van der Waals surface area (Å²) in [5.41, 5.74) is 0.726. The summed E-state index contributed by atoms with van der Waals surface area (Å²) in [5, 5.41) is 6.11. The maximum atomic E-state index is 13.6. The van der Waals surface area contributed by atoms with Gasteiger partial charge in [-0.2, -0.15) is 0 Å². The first-order valence-corrected chi connectivity index (χ1v) is 8.82. The average molecular weight is 342 g/mol. The molecule has 6 heteroatoms. The van der Waals surface area contributed by atoms with E-state index in [1.165, 1.54) is 38.1 Å². The molecule has 2 aromatic rings. The van der Waals surface area contributed by atoms with E-state index in [-0.39, 0.29) is 24.0 Å². The van der Waals surface area contributed by atoms with Crippen molar-refractivity contribution < 1.29 is 9.18 Å². The van der Waals surface area contributed by atoms with Crippen LogP contribution in [0, 0.1) is 5.82 Å². The first-order valence-electron chi connectivity index (χ1n) is 8.82. The molecule has 1 aliphatic carbocycles. The zero-order valence-electron chi connectivity index (χ0n) is 14.2. The highest BCUT2D eigenvalue weighted by Gasteiger charge is 2.14. The molecule has 5 nitrogen and oxygen atoms in total. The van der Waals surface area contributed by atoms with E-state index in [9.17, 15) is 9.18 Å². The van der Waals surface area contributed by atoms with E-state index >= 15 is 0 Å². The standard InChI is InChI=1S/C19H23FN4O/c20-16-10-6-5-7-14(16)12-21-19(25)17-11-18(23-13-22-17)24-15-8-3-1-2-4-9-15/h5-7,10-11,13,15H,1-4,8-9,12H2,(H,21,25)(H,22,23,24). The number of benzene rings is 1. The van der Waals surface area contributed by atoms with E-state index < -0.39 is 0 Å². The third-order valence-corrected chi connectivity index (χ3v) is 4.50. The Bertz CT molecular complexity index is 714. The van der Waals surface area contributed by atoms with E-state index in [2.05, 4.69) is 20.6 Å². The van der Waals surface area contributed by atoms with Crippen molar-refractivity contribution in [2.24, 2.45) is 0 Å². The van der Waals surface area contributed by atoms with Gasteiger partial charge in [0.05, 0.1) is 0 Å². The predicted octanol–water partition coefficient (Wildman–Crippen LogP) is 3.68. The van der Waals surface area contributed by atoms with Crippen LogP contribution in [0.2, 0.25) is 0 Å². The fourth-order valence-electron chi connectivity index (χ4n) is 3.10. The Hall–Kier alpha value is -2.50. The van der Waals surface area contributed by atoms with Crippen LogP contribution in [0.1, 0.15) is 54.6 Å². The Morgan fingerprint density at radius 2 is 1.88 bits per heavy atom. The minimum absolute atomic E-state index is 0.126. The Labute approximate surface area is 147 Å². The summed E-state index contributed by atoms with van der Waals surface area (Å²) in [4.78, 5) is 20.5. The molecule has 1 aromatic heterocycles. The molecule has 1 heterocycles. The van der Waals surface area contributed by atoms with Crippen LogP contribution < -0.4 is 10.6 Å². The van der Waals surface area contributed by atoms with Gasteiger partial charge in [0, 0.05) is 24.2 Å². The number of anilines is 1. The van der Waals surface area contributed by atoms with Gasteiger partial charge >= 0.3 is 0 Å². The Morgan fingerprint density at radius 3 is 2.64 bits per heavy atom. The van der Waals surface area contributed by atoms with Crippen LogP contribution in [0.15, 0.2) is 36.7 Å². The highest BCUT2D eigenvalue weighted by molar-refractivity contribution is 5.92. The third-order valence-electron chi connectivity index (χ3n) is 4.50. The monoisotopic (exact) mass is 342 g/mol. The molecule has 132 valence electrons. The van der Waals surface area contributed by atoms with E-state index in [1.54, 1.807) is 24.3 Å². The molecule has 1 aromatic carbocycles. The summed E-state index contributed by atoms with van der Waals surface area (Å²) in [7, 11) is 0. The van der Waals surface area contributed by atoms with Crippen molar-refractivity contribution in [1.82, 2.24) is 15.3 Å². The van der Waals surface area contributed by atoms with Crippen LogP contribution in [0.4, 0.5) is 10.2 Å². The topological polar surface area (TPSA) is 66.9 Å². The molecular formula is C19H23FN4O. The van der Waals surface area contributed by atoms with Crippen molar-refractivity contribution in [2.45, 2.75) is 51.1 Å². The van der Waals surface area contributed by atoms with E-state index in [1.807, 2.05) is 0 Å². The average Bonchev–Trinajstić information content (AvgIpc) is 2.90. The zero-order valence-corrected chi connectivity index (χ0v) is 14.2. The molecule has 3 rings (SSSR count). The van der Waals surface area contributed by atoms with Gasteiger partial charge in [-0.15, -0.1) is 0 Å². The lowest BCUT2D eigenvalue weighted by Crippen LogP contribution is -2.25. The van der Waals surface area contributed by atoms with Crippen molar-refractivity contribution in [3.63, 3.8) is 0 Å². The summed E-state index contributed by atoms with van der Waals surface area (Å²) in [6, 6.07) is 8.43. The molecule has 0 saturated heterocycles. The Kier molecular flexibility index (Phi) is 5.93. The minimum atomic E-state index is -0.338. The van der Waals surface area contributed by atoms with Crippen LogP contribution in [-0.2, 0) is 6.54 Å². The number of carbonyl (C=O) groups is 1. The van der Waals surface area contributed by atoms with Crippen LogP contribution in [0.5, 0.6) is 0 Å². The van der Waals surface area contributed by atoms with Crippen molar-refractivity contribution >= 4 is 11.7 Å². The molecule has 0 spiro atoms. The van der Waals surface area contributed by atoms with Gasteiger partial charge in [0.25, 0.3) is 5.91 Å². The fourth-order valence-corrected chi connectivity index (χ4v) is 3.10. The van der Waals surface area contributed by atoms with Gasteiger partial charge in [0.2, 0.25) is 0 Å². The Morgan fingerprint density at radius 1 is 1.12 bits per heavy atom. The quantitative estimate of drug-likeness (QED) is 0.814. The molecule has 0 aliphatic heterocycles. The molecule has 1 amide bonds. The molecule has 0 atom stereocenters. The van der Waals surface area contributed by atoms with E-state index in [4.69, 9.17) is 0 Å². The molecule has 0 bridgehead atoms. The number of nitrogens with zero attached hydrogens (tertiary/aromatic N) is 2. The van der Waals surface area contributed by atoms with Gasteiger partial charge in [0.1, 0.15) is 23.7 Å². The second-order valence-electron chi connectivity index (χ2n) is 6.40. The number of rotatable bonds is 5. The summed E-state index contributed by atoms with van der Waals surface area (Å²) >= 11 is 0. The van der Waals surface area contributed by atoms with Gasteiger partial charge in [-0.05, 0) is 18.9 Å². The van der Waals surface area contributed by atoms with E-state index in [0.717, 1.165) is 12.8 Å². The number of halogens is 1. The molecule has 1 saturated carbocycles. The van der Waals surface area contributed by atoms with Crippen molar-refractivity contribution in [1.29, 1.82) is 0 Å². The first-order chi connectivity index (χ1) is 12.2. The van der Waals surface area contributed by atoms with Crippen LogP contribution in [-0.4, -0.2) is 21.9 Å². The number of carbonyl (C=O) groups excluding carboxylic acids is 1. The van der Waals surface area contributed by atoms with Gasteiger partial charge in [0.15, 0.2) is 0 Å². The van der Waals surface area contributed by atoms with Crippen LogP contribution in [0.3, 0.4) is 0 Å². The summed E-state index contributed by atoms with van der Waals surface area (Å²) in [6.07, 6.45) is 8.64. The lowest BCUT2D eigenvalue weighted by Gasteiger charge is -2.17. The number of hydrogen-bond donors (Lipinski definition) is 2. The van der Waals surface area contributed by atoms with Crippen molar-refractivity contribution in [3.8, 4) is 0 Å². The van der Waals surface area contributed by atoms with Gasteiger partial charge in [-0.25, -0.2) is 14.4 Å². The third kappa shape index (κ3) is 4.98. The van der Waals surface area contributed by atoms with Crippen LogP contribution >= 0.6 is 0 Å². The SMILES string of the molecule is O=C(NCc1ccccc1F)c1cc(NC2CCCCCC2)ncn1. The smallest absolute Gasteiger partial charge is 0.270 e. The molecular weight excluding hydrogens is 319 g/mol. The van der Waals surface area contributed by atoms with Gasteiger partial charge < -0.3 is 10.6 Å². The molecule has 1 aliphatic rings. The minimum Gasteiger partial charge on any atom is -0.367 e. The maximum Gasteiger partial charge on any atom is 0.270 e. The molecule has 2 N–H and O–H groups in total. The Balaban J connectivity index is 1.60. The van der Waals surface area contributed by atoms with Crippen molar-refractivity contribution in [3.05, 3.63) is 53.7 Å². The molecule has 25 heavy (non-hydrogen) atoms. The maximum absolute atomic E-state index is 13.6. The normalized spacial score (nSPS) is 15.4. The second-order valence-corrected chi connectivity index (χ2v) is 6.40. The van der Waals surface area contributed by atoms with Crippen molar-refractivity contribution in [2.75, 3.05) is 5.32 Å². The number of hydrogen-bond acceptors (Lipinski definition) is 4. The lowest BCUT2D eigenvalue weighted by atomic mass is 10.1. The predicted molar refractivity (Wildman–Crippen MR) is 94.7 cm³/mol. The zero-order chi connectivity index (χ0) is 17.5. The molecule has 0 radical (unpaired) electrons. The highest BCUT2D eigenvalue weighted by atomic mass is 19.1. The fraction of sp³-hybridized carbons (Fsp3) is 0.421. The lowest BCUT2D eigenvalue weighted by molar-refractivity contribution is 0.0945. The highest BCUT2D eigenvalue weighted by Crippen LogP contribution is 2.20. The molecule has 0 unspecified atom stereocenters. The summed E-state index contributed by atoms with van der Waals surface area (Å²) in [6.45, 7) is 0.126. The van der Waals surface area contributed by atoms with Gasteiger partial charge in [-0.3, -0.25) is 4.79 Å². The number of nitrogens with one attached hydrogen (secondary N) is 2. The molecule has 1 fully saturated rings. The number of amides is 1. The van der Waals surface area contributed by atoms with E-state index in [0.29, 0.717) is 17.4 Å². The largest absolute Gasteiger partial charge is 0.367 e. The summed E-state index contributed by atoms with van der Waals surface area (Å²) in [5.74, 6) is -0.00582. The summed E-state index contributed by atoms with van der Waals surface area (Å²) < 4.78 is 13.6. The number of aromatic nitrogens is 2. The van der Waals surface area contributed by atoms with Gasteiger partial charge in [-0.1, -0.05) is 43.9 Å². The second kappa shape index (κ2) is 8.55. The van der Waals surface area contributed by atoms with Crippen LogP contribution in [0.25, 0.3) is 0 Å². The first kappa shape index (κ1) is 17.3.